The lowest BCUT2D eigenvalue weighted by Crippen LogP contribution is -2.17. The van der Waals surface area contributed by atoms with Gasteiger partial charge in [0.05, 0.1) is 7.11 Å². The third kappa shape index (κ3) is 3.53. The largest absolute Gasteiger partial charge is 0.497 e. The van der Waals surface area contributed by atoms with Crippen LogP contribution in [0.15, 0.2) is 18.2 Å². The maximum absolute atomic E-state index is 5.20. The lowest BCUT2D eigenvalue weighted by Gasteiger charge is -2.22. The molecule has 0 aliphatic carbocycles. The molecular weight excluding hydrogens is 252 g/mol. The summed E-state index contributed by atoms with van der Waals surface area (Å²) in [7, 11) is 1.71. The van der Waals surface area contributed by atoms with Crippen LogP contribution in [0.4, 0.5) is 0 Å². The van der Waals surface area contributed by atoms with Crippen LogP contribution in [0.1, 0.15) is 25.0 Å². The summed E-state index contributed by atoms with van der Waals surface area (Å²) in [5.41, 5.74) is 3.02. The molecule has 0 unspecified atom stereocenters. The minimum atomic E-state index is 0.305. The van der Waals surface area contributed by atoms with Crippen LogP contribution >= 0.6 is 15.9 Å². The topological polar surface area (TPSA) is 9.23 Å². The first kappa shape index (κ1) is 12.6. The molecule has 0 saturated carbocycles. The van der Waals surface area contributed by atoms with Crippen LogP contribution in [0.25, 0.3) is 0 Å². The van der Waals surface area contributed by atoms with E-state index in [4.69, 9.17) is 4.74 Å². The average Bonchev–Trinajstić information content (AvgIpc) is 2.21. The Labute approximate surface area is 101 Å². The van der Waals surface area contributed by atoms with E-state index in [9.17, 15) is 0 Å². The van der Waals surface area contributed by atoms with Crippen LogP contribution in [0.3, 0.4) is 0 Å². The molecule has 0 saturated heterocycles. The predicted octanol–water partition coefficient (Wildman–Crippen LogP) is 3.97. The molecule has 84 valence electrons. The number of hydrogen-bond acceptors (Lipinski definition) is 1. The molecule has 2 heteroatoms. The number of hydrogen-bond donors (Lipinski definition) is 0. The van der Waals surface area contributed by atoms with Crippen molar-refractivity contribution in [3.8, 4) is 5.75 Å². The van der Waals surface area contributed by atoms with Gasteiger partial charge in [-0.1, -0.05) is 35.8 Å². The number of halogens is 1. The van der Waals surface area contributed by atoms with Gasteiger partial charge in [0.1, 0.15) is 5.75 Å². The van der Waals surface area contributed by atoms with Gasteiger partial charge in [0.2, 0.25) is 0 Å². The van der Waals surface area contributed by atoms with Crippen LogP contribution in [0.2, 0.25) is 0 Å². The normalized spacial score (nSPS) is 11.5. The second kappa shape index (κ2) is 5.02. The van der Waals surface area contributed by atoms with E-state index in [1.807, 2.05) is 6.07 Å². The highest BCUT2D eigenvalue weighted by atomic mass is 79.9. The van der Waals surface area contributed by atoms with E-state index in [2.05, 4.69) is 48.8 Å². The third-order valence-corrected chi connectivity index (χ3v) is 4.10. The molecule has 1 aromatic carbocycles. The van der Waals surface area contributed by atoms with Crippen molar-refractivity contribution >= 4 is 15.9 Å². The van der Waals surface area contributed by atoms with Gasteiger partial charge in [-0.15, -0.1) is 0 Å². The first-order chi connectivity index (χ1) is 6.98. The minimum Gasteiger partial charge on any atom is -0.497 e. The second-order valence-electron chi connectivity index (χ2n) is 4.77. The maximum atomic E-state index is 5.20. The Hall–Kier alpha value is -0.500. The Kier molecular flexibility index (Phi) is 4.21. The van der Waals surface area contributed by atoms with E-state index in [0.29, 0.717) is 5.41 Å². The zero-order chi connectivity index (χ0) is 11.5. The fourth-order valence-electron chi connectivity index (χ4n) is 1.56. The van der Waals surface area contributed by atoms with Crippen LogP contribution in [-0.4, -0.2) is 12.4 Å². The van der Waals surface area contributed by atoms with Crippen molar-refractivity contribution in [2.75, 3.05) is 12.4 Å². The van der Waals surface area contributed by atoms with Crippen molar-refractivity contribution in [1.29, 1.82) is 0 Å². The molecule has 0 spiro atoms. The van der Waals surface area contributed by atoms with Gasteiger partial charge in [-0.2, -0.15) is 0 Å². The van der Waals surface area contributed by atoms with E-state index < -0.39 is 0 Å². The summed E-state index contributed by atoms with van der Waals surface area (Å²) in [6, 6.07) is 6.30. The lowest BCUT2D eigenvalue weighted by atomic mass is 9.86. The van der Waals surface area contributed by atoms with Gasteiger partial charge < -0.3 is 4.74 Å². The van der Waals surface area contributed by atoms with Gasteiger partial charge in [0.25, 0.3) is 0 Å². The Morgan fingerprint density at radius 2 is 2.00 bits per heavy atom. The summed E-state index contributed by atoms with van der Waals surface area (Å²) in [5.74, 6) is 0.938. The Morgan fingerprint density at radius 1 is 1.33 bits per heavy atom. The fraction of sp³-hybridized carbons (Fsp3) is 0.538. The summed E-state index contributed by atoms with van der Waals surface area (Å²) in [4.78, 5) is 0. The predicted molar refractivity (Wildman–Crippen MR) is 69.0 cm³/mol. The van der Waals surface area contributed by atoms with Crippen molar-refractivity contribution in [2.24, 2.45) is 5.41 Å². The van der Waals surface area contributed by atoms with Crippen LogP contribution in [0, 0.1) is 12.3 Å². The summed E-state index contributed by atoms with van der Waals surface area (Å²) in [6.07, 6.45) is 1.09. The molecule has 0 fully saturated rings. The highest BCUT2D eigenvalue weighted by Crippen LogP contribution is 2.27. The van der Waals surface area contributed by atoms with Crippen molar-refractivity contribution in [2.45, 2.75) is 27.2 Å². The average molecular weight is 271 g/mol. The highest BCUT2D eigenvalue weighted by molar-refractivity contribution is 9.09. The second-order valence-corrected chi connectivity index (χ2v) is 5.33. The fourth-order valence-corrected chi connectivity index (χ4v) is 1.75. The van der Waals surface area contributed by atoms with Crippen molar-refractivity contribution in [3.05, 3.63) is 29.3 Å². The van der Waals surface area contributed by atoms with Crippen LogP contribution in [0.5, 0.6) is 5.75 Å². The van der Waals surface area contributed by atoms with Crippen molar-refractivity contribution in [1.82, 2.24) is 0 Å². The van der Waals surface area contributed by atoms with Crippen LogP contribution in [-0.2, 0) is 6.42 Å². The number of benzene rings is 1. The summed E-state index contributed by atoms with van der Waals surface area (Å²) >= 11 is 3.56. The minimum absolute atomic E-state index is 0.305. The van der Waals surface area contributed by atoms with E-state index in [1.54, 1.807) is 7.11 Å². The first-order valence-electron chi connectivity index (χ1n) is 5.18. The standard InChI is InChI=1S/C13H19BrO/c1-10-7-12(15-4)6-5-11(10)8-13(2,3)9-14/h5-7H,8-9H2,1-4H3. The number of ether oxygens (including phenoxy) is 1. The molecule has 1 rings (SSSR count). The number of methoxy groups -OCH3 is 1. The highest BCUT2D eigenvalue weighted by Gasteiger charge is 2.17. The zero-order valence-corrected chi connectivity index (χ0v) is 11.5. The van der Waals surface area contributed by atoms with E-state index in [0.717, 1.165) is 17.5 Å². The third-order valence-electron chi connectivity index (χ3n) is 2.58. The van der Waals surface area contributed by atoms with Gasteiger partial charge in [-0.05, 0) is 42.0 Å². The quantitative estimate of drug-likeness (QED) is 0.753. The lowest BCUT2D eigenvalue weighted by molar-refractivity contribution is 0.410. The van der Waals surface area contributed by atoms with Gasteiger partial charge in [-0.3, -0.25) is 0 Å². The Morgan fingerprint density at radius 3 is 2.47 bits per heavy atom. The maximum Gasteiger partial charge on any atom is 0.119 e. The van der Waals surface area contributed by atoms with E-state index in [1.165, 1.54) is 11.1 Å². The molecule has 0 N–H and O–H groups in total. The summed E-state index contributed by atoms with van der Waals surface area (Å²) in [5, 5.41) is 1.02. The Balaban J connectivity index is 2.87. The molecule has 0 aromatic heterocycles. The summed E-state index contributed by atoms with van der Waals surface area (Å²) in [6.45, 7) is 6.68. The molecular formula is C13H19BrO. The van der Waals surface area contributed by atoms with E-state index in [-0.39, 0.29) is 0 Å². The van der Waals surface area contributed by atoms with E-state index >= 15 is 0 Å². The van der Waals surface area contributed by atoms with Crippen molar-refractivity contribution < 1.29 is 4.74 Å². The molecule has 0 amide bonds. The smallest absolute Gasteiger partial charge is 0.119 e. The monoisotopic (exact) mass is 270 g/mol. The number of alkyl halides is 1. The van der Waals surface area contributed by atoms with Gasteiger partial charge in [0, 0.05) is 5.33 Å². The molecule has 0 aliphatic heterocycles. The molecule has 0 bridgehead atoms. The van der Waals surface area contributed by atoms with Gasteiger partial charge >= 0.3 is 0 Å². The zero-order valence-electron chi connectivity index (χ0n) is 9.93. The van der Waals surface area contributed by atoms with Crippen molar-refractivity contribution in [3.63, 3.8) is 0 Å². The molecule has 0 radical (unpaired) electrons. The van der Waals surface area contributed by atoms with Gasteiger partial charge in [-0.25, -0.2) is 0 Å². The first-order valence-corrected chi connectivity index (χ1v) is 6.30. The summed E-state index contributed by atoms with van der Waals surface area (Å²) < 4.78 is 5.20. The molecule has 0 aliphatic rings. The molecule has 1 aromatic rings. The molecule has 15 heavy (non-hydrogen) atoms. The number of aryl methyl sites for hydroxylation is 1. The van der Waals surface area contributed by atoms with Crippen LogP contribution < -0.4 is 4.74 Å². The number of rotatable bonds is 4. The SMILES string of the molecule is COc1ccc(CC(C)(C)CBr)c(C)c1. The molecule has 0 heterocycles. The molecule has 0 atom stereocenters. The molecule has 1 nitrogen and oxygen atoms in total. The van der Waals surface area contributed by atoms with Gasteiger partial charge in [0.15, 0.2) is 0 Å². The Bertz CT molecular complexity index is 331.